The quantitative estimate of drug-likeness (QED) is 0.435. The Balaban J connectivity index is 1.58. The number of benzene rings is 1. The van der Waals surface area contributed by atoms with Gasteiger partial charge in [-0.25, -0.2) is 0 Å². The number of carbonyl (C=O) groups is 3. The minimum absolute atomic E-state index is 0.0724. The van der Waals surface area contributed by atoms with Crippen LogP contribution in [0, 0.1) is 0 Å². The zero-order valence-corrected chi connectivity index (χ0v) is 18.4. The third-order valence-corrected chi connectivity index (χ3v) is 5.93. The van der Waals surface area contributed by atoms with E-state index in [2.05, 4.69) is 22.2 Å². The molecule has 0 spiro atoms. The van der Waals surface area contributed by atoms with E-state index in [1.54, 1.807) is 24.3 Å². The first-order valence-electron chi connectivity index (χ1n) is 11.0. The fourth-order valence-corrected chi connectivity index (χ4v) is 4.05. The summed E-state index contributed by atoms with van der Waals surface area (Å²) in [5, 5.41) is 21.8. The first-order valence-corrected chi connectivity index (χ1v) is 11.0. The van der Waals surface area contributed by atoms with Crippen molar-refractivity contribution in [3.63, 3.8) is 0 Å². The third kappa shape index (κ3) is 6.41. The van der Waals surface area contributed by atoms with E-state index in [9.17, 15) is 24.6 Å². The minimum Gasteiger partial charge on any atom is -0.489 e. The van der Waals surface area contributed by atoms with Gasteiger partial charge < -0.3 is 24.7 Å². The summed E-state index contributed by atoms with van der Waals surface area (Å²) in [6, 6.07) is 4.82. The predicted octanol–water partition coefficient (Wildman–Crippen LogP) is 0.326. The van der Waals surface area contributed by atoms with Crippen LogP contribution in [0.3, 0.4) is 0 Å². The summed E-state index contributed by atoms with van der Waals surface area (Å²) < 4.78 is 5.72. The molecule has 1 unspecified atom stereocenters. The Morgan fingerprint density at radius 1 is 1.16 bits per heavy atom. The van der Waals surface area contributed by atoms with Crippen molar-refractivity contribution in [2.45, 2.75) is 31.3 Å². The summed E-state index contributed by atoms with van der Waals surface area (Å²) in [5.41, 5.74) is 0.364. The molecule has 1 aromatic rings. The molecule has 10 nitrogen and oxygen atoms in total. The van der Waals surface area contributed by atoms with Crippen LogP contribution in [0.25, 0.3) is 0 Å². The highest BCUT2D eigenvalue weighted by Crippen LogP contribution is 2.31. The second kappa shape index (κ2) is 11.3. The van der Waals surface area contributed by atoms with Crippen molar-refractivity contribution in [3.8, 4) is 5.75 Å². The van der Waals surface area contributed by atoms with Gasteiger partial charge in [-0.2, -0.15) is 0 Å². The zero-order chi connectivity index (χ0) is 23.1. The maximum Gasteiger partial charge on any atom is 0.323 e. The fraction of sp³-hybridized carbons (Fsp3) is 0.591. The van der Waals surface area contributed by atoms with Crippen molar-refractivity contribution in [1.29, 1.82) is 0 Å². The number of nitrogens with zero attached hydrogens (tertiary/aromatic N) is 3. The van der Waals surface area contributed by atoms with Gasteiger partial charge in [0, 0.05) is 26.2 Å². The minimum atomic E-state index is -1.16. The molecule has 0 aromatic heterocycles. The highest BCUT2D eigenvalue weighted by atomic mass is 16.5. The van der Waals surface area contributed by atoms with E-state index < -0.39 is 36.5 Å². The number of fused-ring (bicyclic) bond motifs is 1. The summed E-state index contributed by atoms with van der Waals surface area (Å²) in [6.45, 7) is 4.44. The molecule has 2 aliphatic rings. The van der Waals surface area contributed by atoms with E-state index in [0.29, 0.717) is 24.3 Å². The van der Waals surface area contributed by atoms with Crippen LogP contribution in [0.4, 0.5) is 5.69 Å². The second-order valence-corrected chi connectivity index (χ2v) is 8.35. The topological polar surface area (TPSA) is 123 Å². The molecule has 176 valence electrons. The maximum atomic E-state index is 13.1. The monoisotopic (exact) mass is 448 g/mol. The summed E-state index contributed by atoms with van der Waals surface area (Å²) in [5.74, 6) is -2.32. The van der Waals surface area contributed by atoms with E-state index >= 15 is 0 Å². The number of carboxylic acids is 2. The van der Waals surface area contributed by atoms with Crippen LogP contribution in [0.15, 0.2) is 24.3 Å². The van der Waals surface area contributed by atoms with Gasteiger partial charge in [0.25, 0.3) is 0 Å². The summed E-state index contributed by atoms with van der Waals surface area (Å²) >= 11 is 0. The Morgan fingerprint density at radius 2 is 1.88 bits per heavy atom. The molecule has 0 bridgehead atoms. The average Bonchev–Trinajstić information content (AvgIpc) is 2.88. The number of hydrogen-bond donors (Lipinski definition) is 3. The fourth-order valence-electron chi connectivity index (χ4n) is 4.05. The van der Waals surface area contributed by atoms with Crippen LogP contribution in [0.5, 0.6) is 5.75 Å². The number of aliphatic carboxylic acids is 2. The summed E-state index contributed by atoms with van der Waals surface area (Å²) in [4.78, 5) is 42.1. The number of nitrogens with one attached hydrogen (secondary N) is 1. The maximum absolute atomic E-state index is 13.1. The molecule has 0 radical (unpaired) electrons. The van der Waals surface area contributed by atoms with Gasteiger partial charge in [0.1, 0.15) is 31.0 Å². The number of hydrogen-bond acceptors (Lipinski definition) is 7. The molecule has 1 fully saturated rings. The molecule has 2 aliphatic heterocycles. The summed E-state index contributed by atoms with van der Waals surface area (Å²) in [7, 11) is 2.11. The number of piperazine rings is 1. The van der Waals surface area contributed by atoms with Crippen LogP contribution in [-0.2, 0) is 14.4 Å². The molecule has 2 heterocycles. The first kappa shape index (κ1) is 24.0. The van der Waals surface area contributed by atoms with Gasteiger partial charge in [0.2, 0.25) is 5.91 Å². The lowest BCUT2D eigenvalue weighted by Crippen LogP contribution is -2.54. The van der Waals surface area contributed by atoms with E-state index in [0.717, 1.165) is 44.0 Å². The van der Waals surface area contributed by atoms with Crippen LogP contribution in [0.1, 0.15) is 19.3 Å². The smallest absolute Gasteiger partial charge is 0.323 e. The number of unbranched alkanes of at least 4 members (excludes halogenated alkanes) is 1. The number of anilines is 1. The molecule has 0 saturated carbocycles. The van der Waals surface area contributed by atoms with E-state index in [-0.39, 0.29) is 6.61 Å². The SMILES string of the molecule is CN1CCN(CCCC[C@H](NC2COc3ccccc3N(CC(=O)O)C2=O)C(=O)O)CC1. The number of likely N-dealkylation sites (N-methyl/N-ethyl adjacent to an activating group) is 1. The van der Waals surface area contributed by atoms with Crippen molar-refractivity contribution in [1.82, 2.24) is 15.1 Å². The largest absolute Gasteiger partial charge is 0.489 e. The molecule has 3 rings (SSSR count). The number of carbonyl (C=O) groups excluding carboxylic acids is 1. The van der Waals surface area contributed by atoms with E-state index in [4.69, 9.17) is 4.74 Å². The predicted molar refractivity (Wildman–Crippen MR) is 118 cm³/mol. The Hall–Kier alpha value is -2.69. The normalized spacial score (nSPS) is 20.8. The molecule has 10 heteroatoms. The van der Waals surface area contributed by atoms with Crippen LogP contribution in [0.2, 0.25) is 0 Å². The first-order chi connectivity index (χ1) is 15.3. The highest BCUT2D eigenvalue weighted by Gasteiger charge is 2.35. The highest BCUT2D eigenvalue weighted by molar-refractivity contribution is 6.02. The molecule has 1 amide bonds. The number of amides is 1. The van der Waals surface area contributed by atoms with Gasteiger partial charge in [-0.3, -0.25) is 24.6 Å². The lowest BCUT2D eigenvalue weighted by molar-refractivity contribution is -0.141. The Kier molecular flexibility index (Phi) is 8.43. The standard InChI is InChI=1S/C22H32N4O6/c1-24-10-12-25(13-11-24)9-5-4-6-16(22(30)31)23-17-15-32-19-8-3-2-7-18(19)26(21(17)29)14-20(27)28/h2-3,7-8,16-17,23H,4-6,9-15H2,1H3,(H,27,28)(H,30,31)/t16-,17?/m0/s1. The second-order valence-electron chi connectivity index (χ2n) is 8.35. The van der Waals surface area contributed by atoms with Crippen molar-refractivity contribution in [2.75, 3.05) is 57.8 Å². The Bertz CT molecular complexity index is 811. The van der Waals surface area contributed by atoms with E-state index in [1.807, 2.05) is 0 Å². The van der Waals surface area contributed by atoms with E-state index in [1.165, 1.54) is 0 Å². The molecule has 32 heavy (non-hydrogen) atoms. The lowest BCUT2D eigenvalue weighted by Gasteiger charge is -2.32. The van der Waals surface area contributed by atoms with Crippen molar-refractivity contribution < 1.29 is 29.3 Å². The molecular formula is C22H32N4O6. The van der Waals surface area contributed by atoms with Crippen molar-refractivity contribution >= 4 is 23.5 Å². The van der Waals surface area contributed by atoms with Gasteiger partial charge in [-0.05, 0) is 38.6 Å². The van der Waals surface area contributed by atoms with Gasteiger partial charge in [0.05, 0.1) is 5.69 Å². The van der Waals surface area contributed by atoms with Crippen LogP contribution >= 0.6 is 0 Å². The number of para-hydroxylation sites is 2. The van der Waals surface area contributed by atoms with Gasteiger partial charge in [-0.15, -0.1) is 0 Å². The van der Waals surface area contributed by atoms with Gasteiger partial charge in [-0.1, -0.05) is 18.6 Å². The van der Waals surface area contributed by atoms with Crippen molar-refractivity contribution in [2.24, 2.45) is 0 Å². The Morgan fingerprint density at radius 3 is 2.56 bits per heavy atom. The molecule has 3 N–H and O–H groups in total. The molecule has 1 saturated heterocycles. The van der Waals surface area contributed by atoms with Crippen LogP contribution < -0.4 is 15.0 Å². The zero-order valence-electron chi connectivity index (χ0n) is 18.4. The molecular weight excluding hydrogens is 416 g/mol. The van der Waals surface area contributed by atoms with Gasteiger partial charge >= 0.3 is 11.9 Å². The molecule has 1 aromatic carbocycles. The van der Waals surface area contributed by atoms with Gasteiger partial charge in [0.15, 0.2) is 0 Å². The molecule has 0 aliphatic carbocycles. The molecule has 2 atom stereocenters. The summed E-state index contributed by atoms with van der Waals surface area (Å²) in [6.07, 6.45) is 1.96. The number of carboxylic acid groups (broad SMARTS) is 2. The third-order valence-electron chi connectivity index (χ3n) is 5.93. The average molecular weight is 449 g/mol. The van der Waals surface area contributed by atoms with Crippen molar-refractivity contribution in [3.05, 3.63) is 24.3 Å². The number of rotatable bonds is 10. The lowest BCUT2D eigenvalue weighted by atomic mass is 10.1. The Labute approximate surface area is 187 Å². The van der Waals surface area contributed by atoms with Crippen LogP contribution in [-0.4, -0.2) is 103 Å². The number of ether oxygens (including phenoxy) is 1.